The van der Waals surface area contributed by atoms with Crippen molar-refractivity contribution in [2.24, 2.45) is 17.5 Å². The highest BCUT2D eigenvalue weighted by molar-refractivity contribution is 6.33. The molecule has 0 saturated heterocycles. The molecule has 3 unspecified atom stereocenters. The lowest BCUT2D eigenvalue weighted by molar-refractivity contribution is 0.407. The van der Waals surface area contributed by atoms with Crippen molar-refractivity contribution in [2.45, 2.75) is 38.9 Å². The van der Waals surface area contributed by atoms with Crippen LogP contribution in [0.15, 0.2) is 0 Å². The molecule has 0 bridgehead atoms. The van der Waals surface area contributed by atoms with Gasteiger partial charge in [0.05, 0.1) is 0 Å². The van der Waals surface area contributed by atoms with E-state index < -0.39 is 0 Å². The van der Waals surface area contributed by atoms with Gasteiger partial charge in [0.25, 0.3) is 0 Å². The van der Waals surface area contributed by atoms with E-state index in [1.54, 1.807) is 0 Å². The van der Waals surface area contributed by atoms with Crippen molar-refractivity contribution in [1.29, 1.82) is 0 Å². The topological polar surface area (TPSA) is 26.0 Å². The first kappa shape index (κ1) is 8.12. The van der Waals surface area contributed by atoms with Crippen LogP contribution in [-0.4, -0.2) is 7.41 Å². The minimum absolute atomic E-state index is 0.708. The van der Waals surface area contributed by atoms with E-state index in [1.165, 1.54) is 19.3 Å². The summed E-state index contributed by atoms with van der Waals surface area (Å²) < 4.78 is 0. The van der Waals surface area contributed by atoms with Crippen LogP contribution in [0, 0.1) is 11.8 Å². The van der Waals surface area contributed by atoms with E-state index in [-0.39, 0.29) is 0 Å². The minimum Gasteiger partial charge on any atom is -0.374 e. The zero-order valence-electron chi connectivity index (χ0n) is 7.01. The molecule has 0 spiro atoms. The van der Waals surface area contributed by atoms with Crippen LogP contribution in [0.25, 0.3) is 0 Å². The van der Waals surface area contributed by atoms with Gasteiger partial charge < -0.3 is 5.64 Å². The van der Waals surface area contributed by atoms with Gasteiger partial charge in [0.2, 0.25) is 7.41 Å². The Kier molecular flexibility index (Phi) is 2.78. The summed E-state index contributed by atoms with van der Waals surface area (Å²) in [6.45, 7) is 4.62. The zero-order valence-corrected chi connectivity index (χ0v) is 7.01. The molecule has 0 aliphatic heterocycles. The fraction of sp³-hybridized carbons (Fsp3) is 1.00. The van der Waals surface area contributed by atoms with Crippen molar-refractivity contribution in [3.8, 4) is 0 Å². The summed E-state index contributed by atoms with van der Waals surface area (Å²) in [6.07, 6.45) is 3.97. The number of hydrogen-bond donors (Lipinski definition) is 1. The maximum Gasteiger partial charge on any atom is 0.205 e. The van der Waals surface area contributed by atoms with Crippen molar-refractivity contribution in [2.75, 3.05) is 0 Å². The van der Waals surface area contributed by atoms with E-state index in [2.05, 4.69) is 13.8 Å². The van der Waals surface area contributed by atoms with Crippen LogP contribution >= 0.6 is 0 Å². The molecule has 1 aliphatic carbocycles. The molecular weight excluding hydrogens is 121 g/mol. The third-order valence-corrected chi connectivity index (χ3v) is 2.88. The number of rotatable bonds is 2. The highest BCUT2D eigenvalue weighted by atomic mass is 14.4. The molecule has 1 saturated carbocycles. The van der Waals surface area contributed by atoms with Crippen LogP contribution in [0.2, 0.25) is 5.82 Å². The van der Waals surface area contributed by atoms with Gasteiger partial charge in [0, 0.05) is 0 Å². The Balaban J connectivity index is 2.36. The van der Waals surface area contributed by atoms with Gasteiger partial charge in [0.15, 0.2) is 0 Å². The Hall–Kier alpha value is 0.0249. The standard InChI is InChI=1S/C8H17BN/c1-3-7-5-8(9-10)4-6(7)2/h6-8H,3-5,10H2,1-2H3. The van der Waals surface area contributed by atoms with Crippen molar-refractivity contribution in [3.05, 3.63) is 0 Å². The molecule has 1 aliphatic rings. The third kappa shape index (κ3) is 1.54. The molecule has 1 fully saturated rings. The Labute approximate surface area is 64.6 Å². The molecule has 0 aromatic carbocycles. The maximum absolute atomic E-state index is 5.49. The molecule has 1 radical (unpaired) electrons. The third-order valence-electron chi connectivity index (χ3n) is 2.88. The van der Waals surface area contributed by atoms with Gasteiger partial charge in [-0.2, -0.15) is 0 Å². The first-order valence-electron chi connectivity index (χ1n) is 4.33. The van der Waals surface area contributed by atoms with Gasteiger partial charge in [-0.05, 0) is 11.8 Å². The van der Waals surface area contributed by atoms with Crippen LogP contribution in [-0.2, 0) is 0 Å². The molecule has 0 amide bonds. The lowest BCUT2D eigenvalue weighted by Crippen LogP contribution is -2.10. The van der Waals surface area contributed by atoms with Gasteiger partial charge in [-0.3, -0.25) is 0 Å². The monoisotopic (exact) mass is 138 g/mol. The summed E-state index contributed by atoms with van der Waals surface area (Å²) in [5, 5.41) is 0. The van der Waals surface area contributed by atoms with Gasteiger partial charge in [-0.25, -0.2) is 0 Å². The molecule has 1 nitrogen and oxygen atoms in total. The number of hydrogen-bond acceptors (Lipinski definition) is 1. The SMILES string of the molecule is CCC1CC([B]N)CC1C. The van der Waals surface area contributed by atoms with E-state index >= 15 is 0 Å². The zero-order chi connectivity index (χ0) is 7.56. The van der Waals surface area contributed by atoms with Gasteiger partial charge in [-0.15, -0.1) is 0 Å². The minimum atomic E-state index is 0.708. The molecule has 10 heavy (non-hydrogen) atoms. The van der Waals surface area contributed by atoms with Crippen LogP contribution < -0.4 is 5.64 Å². The summed E-state index contributed by atoms with van der Waals surface area (Å²) in [5.74, 6) is 2.54. The fourth-order valence-corrected chi connectivity index (χ4v) is 2.11. The summed E-state index contributed by atoms with van der Waals surface area (Å²) in [6, 6.07) is 0. The van der Waals surface area contributed by atoms with Crippen molar-refractivity contribution in [1.82, 2.24) is 0 Å². The summed E-state index contributed by atoms with van der Waals surface area (Å²) in [4.78, 5) is 0. The van der Waals surface area contributed by atoms with E-state index in [0.29, 0.717) is 5.82 Å². The second-order valence-corrected chi connectivity index (χ2v) is 3.57. The molecule has 2 N–H and O–H groups in total. The molecule has 0 aromatic heterocycles. The molecular formula is C8H17BN. The normalized spacial score (nSPS) is 40.1. The quantitative estimate of drug-likeness (QED) is 0.578. The fourth-order valence-electron chi connectivity index (χ4n) is 2.11. The lowest BCUT2D eigenvalue weighted by atomic mass is 9.75. The molecule has 57 valence electrons. The first-order valence-corrected chi connectivity index (χ1v) is 4.33. The predicted molar refractivity (Wildman–Crippen MR) is 45.9 cm³/mol. The maximum atomic E-state index is 5.49. The lowest BCUT2D eigenvalue weighted by Gasteiger charge is -2.10. The van der Waals surface area contributed by atoms with Crippen LogP contribution in [0.1, 0.15) is 33.1 Å². The van der Waals surface area contributed by atoms with E-state index in [0.717, 1.165) is 11.8 Å². The summed E-state index contributed by atoms with van der Waals surface area (Å²) in [5.41, 5.74) is 5.49. The highest BCUT2D eigenvalue weighted by Crippen LogP contribution is 2.40. The van der Waals surface area contributed by atoms with E-state index in [4.69, 9.17) is 5.64 Å². The molecule has 0 aromatic rings. The number of nitrogens with two attached hydrogens (primary N) is 1. The molecule has 3 atom stereocenters. The average Bonchev–Trinajstić information content (AvgIpc) is 2.30. The van der Waals surface area contributed by atoms with Crippen LogP contribution in [0.3, 0.4) is 0 Å². The summed E-state index contributed by atoms with van der Waals surface area (Å²) in [7, 11) is 1.88. The van der Waals surface area contributed by atoms with Crippen LogP contribution in [0.5, 0.6) is 0 Å². The molecule has 1 rings (SSSR count). The van der Waals surface area contributed by atoms with E-state index in [1.807, 2.05) is 7.41 Å². The summed E-state index contributed by atoms with van der Waals surface area (Å²) >= 11 is 0. The van der Waals surface area contributed by atoms with Crippen molar-refractivity contribution in [3.63, 3.8) is 0 Å². The van der Waals surface area contributed by atoms with Crippen molar-refractivity contribution >= 4 is 7.41 Å². The van der Waals surface area contributed by atoms with Gasteiger partial charge >= 0.3 is 0 Å². The average molecular weight is 138 g/mol. The molecule has 2 heteroatoms. The highest BCUT2D eigenvalue weighted by Gasteiger charge is 2.28. The van der Waals surface area contributed by atoms with E-state index in [9.17, 15) is 0 Å². The van der Waals surface area contributed by atoms with Gasteiger partial charge in [0.1, 0.15) is 0 Å². The Bertz CT molecular complexity index is 105. The van der Waals surface area contributed by atoms with Gasteiger partial charge in [-0.1, -0.05) is 38.9 Å². The Morgan fingerprint density at radius 3 is 2.50 bits per heavy atom. The second-order valence-electron chi connectivity index (χ2n) is 3.57. The smallest absolute Gasteiger partial charge is 0.205 e. The largest absolute Gasteiger partial charge is 0.374 e. The van der Waals surface area contributed by atoms with Crippen molar-refractivity contribution < 1.29 is 0 Å². The molecule has 0 heterocycles. The Morgan fingerprint density at radius 2 is 2.20 bits per heavy atom. The Morgan fingerprint density at radius 1 is 1.50 bits per heavy atom. The predicted octanol–water partition coefficient (Wildman–Crippen LogP) is 1.81. The second kappa shape index (κ2) is 3.43. The first-order chi connectivity index (χ1) is 4.77. The van der Waals surface area contributed by atoms with Crippen LogP contribution in [0.4, 0.5) is 0 Å².